The van der Waals surface area contributed by atoms with Gasteiger partial charge in [0.1, 0.15) is 0 Å². The topological polar surface area (TPSA) is 99.7 Å². The lowest BCUT2D eigenvalue weighted by Crippen LogP contribution is -2.44. The van der Waals surface area contributed by atoms with Crippen LogP contribution < -0.4 is 10.6 Å². The molecule has 0 radical (unpaired) electrons. The van der Waals surface area contributed by atoms with Crippen LogP contribution in [0.1, 0.15) is 45.0 Å². The number of hydrogen-bond donors (Lipinski definition) is 2. The Morgan fingerprint density at radius 2 is 1.71 bits per heavy atom. The number of methoxy groups -OCH3 is 1. The first-order valence-electron chi connectivity index (χ1n) is 15.6. The fraction of sp³-hybridized carbons (Fsp3) is 0.333. The highest BCUT2D eigenvalue weighted by atomic mass is 16.5. The molecule has 1 aliphatic heterocycles. The van der Waals surface area contributed by atoms with Crippen LogP contribution in [0.2, 0.25) is 0 Å². The van der Waals surface area contributed by atoms with Crippen molar-refractivity contribution in [2.45, 2.75) is 25.2 Å². The minimum Gasteiger partial charge on any atom is -0.465 e. The Kier molecular flexibility index (Phi) is 9.47. The van der Waals surface area contributed by atoms with Crippen molar-refractivity contribution in [3.05, 3.63) is 107 Å². The monoisotopic (exact) mass is 604 g/mol. The van der Waals surface area contributed by atoms with Crippen molar-refractivity contribution >= 4 is 23.5 Å². The molecule has 0 bridgehead atoms. The van der Waals surface area contributed by atoms with Gasteiger partial charge in [0.05, 0.1) is 24.8 Å². The maximum atomic E-state index is 12.8. The second-order valence-electron chi connectivity index (χ2n) is 11.8. The summed E-state index contributed by atoms with van der Waals surface area (Å²) in [6, 6.07) is 23.5. The normalized spacial score (nSPS) is 16.4. The molecule has 0 saturated carbocycles. The largest absolute Gasteiger partial charge is 0.465 e. The molecule has 1 amide bonds. The Morgan fingerprint density at radius 3 is 2.51 bits per heavy atom. The number of amides is 1. The van der Waals surface area contributed by atoms with Gasteiger partial charge in [-0.25, -0.2) is 14.8 Å². The summed E-state index contributed by atoms with van der Waals surface area (Å²) in [4.78, 5) is 39.5. The predicted molar refractivity (Wildman–Crippen MR) is 177 cm³/mol. The van der Waals surface area contributed by atoms with Crippen LogP contribution in [0.5, 0.6) is 0 Å². The van der Waals surface area contributed by atoms with E-state index in [1.165, 1.54) is 12.7 Å². The molecule has 232 valence electrons. The van der Waals surface area contributed by atoms with Crippen LogP contribution in [-0.4, -0.2) is 85.1 Å². The van der Waals surface area contributed by atoms with E-state index in [9.17, 15) is 9.59 Å². The van der Waals surface area contributed by atoms with Crippen LogP contribution in [0.25, 0.3) is 11.3 Å². The summed E-state index contributed by atoms with van der Waals surface area (Å²) in [5, 5.41) is 6.41. The zero-order valence-electron chi connectivity index (χ0n) is 26.0. The van der Waals surface area contributed by atoms with Crippen LogP contribution in [-0.2, 0) is 22.4 Å². The van der Waals surface area contributed by atoms with Gasteiger partial charge in [-0.2, -0.15) is 0 Å². The Bertz CT molecular complexity index is 1650. The predicted octanol–water partition coefficient (Wildman–Crippen LogP) is 4.85. The number of rotatable bonds is 10. The van der Waals surface area contributed by atoms with Gasteiger partial charge in [0, 0.05) is 56.1 Å². The summed E-state index contributed by atoms with van der Waals surface area (Å²) in [6.45, 7) is 6.47. The molecule has 9 heteroatoms. The van der Waals surface area contributed by atoms with Crippen LogP contribution in [0, 0.1) is 0 Å². The van der Waals surface area contributed by atoms with Crippen LogP contribution >= 0.6 is 0 Å². The lowest BCUT2D eigenvalue weighted by atomic mass is 9.78. The summed E-state index contributed by atoms with van der Waals surface area (Å²) in [6.07, 6.45) is 3.90. The van der Waals surface area contributed by atoms with E-state index in [2.05, 4.69) is 68.9 Å². The van der Waals surface area contributed by atoms with Gasteiger partial charge >= 0.3 is 5.97 Å². The smallest absolute Gasteiger partial charge is 0.338 e. The van der Waals surface area contributed by atoms with Crippen molar-refractivity contribution in [2.24, 2.45) is 0 Å². The van der Waals surface area contributed by atoms with E-state index in [0.29, 0.717) is 22.8 Å². The molecule has 1 saturated heterocycles. The number of nitrogens with zero attached hydrogens (tertiary/aromatic N) is 4. The molecule has 2 N–H and O–H groups in total. The summed E-state index contributed by atoms with van der Waals surface area (Å²) >= 11 is 0. The Balaban J connectivity index is 1.10. The van der Waals surface area contributed by atoms with E-state index in [1.807, 2.05) is 24.4 Å². The number of esters is 1. The fourth-order valence-corrected chi connectivity index (χ4v) is 6.25. The van der Waals surface area contributed by atoms with Gasteiger partial charge in [0.2, 0.25) is 11.9 Å². The first kappa shape index (κ1) is 30.4. The van der Waals surface area contributed by atoms with Gasteiger partial charge in [0.15, 0.2) is 0 Å². The van der Waals surface area contributed by atoms with Crippen LogP contribution in [0.15, 0.2) is 79.0 Å². The number of anilines is 2. The average molecular weight is 605 g/mol. The van der Waals surface area contributed by atoms with E-state index >= 15 is 0 Å². The van der Waals surface area contributed by atoms with E-state index in [1.54, 1.807) is 18.2 Å². The third kappa shape index (κ3) is 7.21. The molecule has 4 aromatic rings. The standard InChI is InChI=1S/C36H40N6O3/c1-41-18-20-42(21-19-41)17-7-16-37-36-38-24-27-22-32(30-10-5-6-11-31(30)34(27)40-36)25-12-14-28(15-13-25)39-33(43)23-26-8-3-4-9-29(26)35(44)45-2/h3-6,8-15,24,32H,7,16-23H2,1-2H3,(H,39,43)(H,37,38,40). The van der Waals surface area contributed by atoms with E-state index in [4.69, 9.17) is 9.72 Å². The number of carbonyl (C=O) groups is 2. The SMILES string of the molecule is COC(=O)c1ccccc1CC(=O)Nc1ccc(C2Cc3cnc(NCCCN4CCN(C)CC4)nc3-c3ccccc32)cc1. The average Bonchev–Trinajstić information content (AvgIpc) is 3.07. The molecule has 2 aliphatic rings. The minimum atomic E-state index is -0.452. The molecule has 0 spiro atoms. The van der Waals surface area contributed by atoms with E-state index < -0.39 is 5.97 Å². The lowest BCUT2D eigenvalue weighted by Gasteiger charge is -2.32. The molecule has 45 heavy (non-hydrogen) atoms. The highest BCUT2D eigenvalue weighted by Gasteiger charge is 2.27. The quantitative estimate of drug-likeness (QED) is 0.196. The van der Waals surface area contributed by atoms with Gasteiger partial charge in [-0.3, -0.25) is 4.79 Å². The number of ether oxygens (including phenoxy) is 1. The number of nitrogens with one attached hydrogen (secondary N) is 2. The van der Waals surface area contributed by atoms with Crippen molar-refractivity contribution in [1.29, 1.82) is 0 Å². The van der Waals surface area contributed by atoms with E-state index in [0.717, 1.165) is 74.5 Å². The van der Waals surface area contributed by atoms with Crippen LogP contribution in [0.4, 0.5) is 11.6 Å². The van der Waals surface area contributed by atoms with E-state index in [-0.39, 0.29) is 18.2 Å². The molecule has 6 rings (SSSR count). The highest BCUT2D eigenvalue weighted by Crippen LogP contribution is 2.42. The van der Waals surface area contributed by atoms with Crippen molar-refractivity contribution < 1.29 is 14.3 Å². The molecule has 3 aromatic carbocycles. The zero-order chi connectivity index (χ0) is 31.2. The van der Waals surface area contributed by atoms with Crippen molar-refractivity contribution in [3.63, 3.8) is 0 Å². The number of carbonyl (C=O) groups excluding carboxylic acids is 2. The third-order valence-electron chi connectivity index (χ3n) is 8.78. The molecular weight excluding hydrogens is 564 g/mol. The summed E-state index contributed by atoms with van der Waals surface area (Å²) in [5.41, 5.74) is 7.38. The van der Waals surface area contributed by atoms with Gasteiger partial charge in [-0.15, -0.1) is 0 Å². The molecule has 1 aliphatic carbocycles. The maximum Gasteiger partial charge on any atom is 0.338 e. The Hall–Kier alpha value is -4.60. The second kappa shape index (κ2) is 14.0. The number of hydrogen-bond acceptors (Lipinski definition) is 8. The molecule has 1 atom stereocenters. The van der Waals surface area contributed by atoms with Crippen molar-refractivity contribution in [2.75, 3.05) is 64.1 Å². The molecule has 1 fully saturated rings. The van der Waals surface area contributed by atoms with Gasteiger partial charge in [0.25, 0.3) is 0 Å². The third-order valence-corrected chi connectivity index (χ3v) is 8.78. The van der Waals surface area contributed by atoms with Crippen LogP contribution in [0.3, 0.4) is 0 Å². The summed E-state index contributed by atoms with van der Waals surface area (Å²) < 4.78 is 4.86. The molecule has 9 nitrogen and oxygen atoms in total. The van der Waals surface area contributed by atoms with Gasteiger partial charge < -0.3 is 25.2 Å². The minimum absolute atomic E-state index is 0.0763. The van der Waals surface area contributed by atoms with Gasteiger partial charge in [-0.1, -0.05) is 54.6 Å². The highest BCUT2D eigenvalue weighted by molar-refractivity contribution is 5.96. The Morgan fingerprint density at radius 1 is 0.956 bits per heavy atom. The maximum absolute atomic E-state index is 12.8. The summed E-state index contributed by atoms with van der Waals surface area (Å²) in [7, 11) is 3.52. The number of benzene rings is 3. The molecule has 1 aromatic heterocycles. The first-order chi connectivity index (χ1) is 22.0. The lowest BCUT2D eigenvalue weighted by molar-refractivity contribution is -0.115. The fourth-order valence-electron chi connectivity index (χ4n) is 6.25. The first-order valence-corrected chi connectivity index (χ1v) is 15.6. The summed E-state index contributed by atoms with van der Waals surface area (Å²) in [5.74, 6) is 0.176. The van der Waals surface area contributed by atoms with Crippen molar-refractivity contribution in [1.82, 2.24) is 19.8 Å². The van der Waals surface area contributed by atoms with Gasteiger partial charge in [-0.05, 0) is 66.9 Å². The molecule has 1 unspecified atom stereocenters. The van der Waals surface area contributed by atoms with Crippen molar-refractivity contribution in [3.8, 4) is 11.3 Å². The molecular formula is C36H40N6O3. The Labute approximate surface area is 264 Å². The number of piperazine rings is 1. The zero-order valence-corrected chi connectivity index (χ0v) is 26.0. The second-order valence-corrected chi connectivity index (χ2v) is 11.8. The number of fused-ring (bicyclic) bond motifs is 3. The number of likely N-dealkylation sites (N-methyl/N-ethyl adjacent to an activating group) is 1. The molecule has 2 heterocycles. The number of aromatic nitrogens is 2.